The van der Waals surface area contributed by atoms with Crippen LogP contribution in [0.25, 0.3) is 0 Å². The van der Waals surface area contributed by atoms with E-state index in [0.717, 1.165) is 0 Å². The number of rotatable bonds is 51. The van der Waals surface area contributed by atoms with Crippen LogP contribution in [-0.2, 0) is 0 Å². The van der Waals surface area contributed by atoms with Gasteiger partial charge in [-0.25, -0.2) is 0 Å². The smallest absolute Gasteiger partial charge is 0.0154 e. The molecule has 2 N–H and O–H groups in total. The van der Waals surface area contributed by atoms with E-state index in [9.17, 15) is 0 Å². The Hall–Kier alpha value is 0.250. The topological polar surface area (TPSA) is 26.0 Å². The maximum Gasteiger partial charge on any atom is 0.0154 e. The fraction of sp³-hybridized carbons (Fsp3) is 1.00. The Kier molecular flexibility index (Phi) is 54.5. The van der Waals surface area contributed by atoms with Crippen molar-refractivity contribution in [3.8, 4) is 0 Å². The van der Waals surface area contributed by atoms with Gasteiger partial charge in [-0.15, -0.1) is 0 Å². The number of hydrogen-bond donors (Lipinski definition) is 1. The van der Waals surface area contributed by atoms with E-state index >= 15 is 0 Å². The zero-order valence-electron chi connectivity index (χ0n) is 40.5. The van der Waals surface area contributed by atoms with Crippen molar-refractivity contribution in [2.24, 2.45) is 5.73 Å². The Balaban J connectivity index is 0. The summed E-state index contributed by atoms with van der Waals surface area (Å²) in [6, 6.07) is 0. The van der Waals surface area contributed by atoms with E-state index in [-0.39, 0.29) is 17.9 Å². The molecule has 0 spiro atoms. The molecular weight excluding hydrogens is 710 g/mol. The third kappa shape index (κ3) is 50.5. The molecule has 0 aliphatic carbocycles. The maximum absolute atomic E-state index is 7.28. The summed E-state index contributed by atoms with van der Waals surface area (Å²) < 4.78 is 0. The van der Waals surface area contributed by atoms with Crippen LogP contribution in [0, 0.1) is 0 Å². The van der Waals surface area contributed by atoms with Gasteiger partial charge in [0.05, 0.1) is 0 Å². The summed E-state index contributed by atoms with van der Waals surface area (Å²) in [6.07, 6.45) is 73.4. The average Bonchev–Trinajstić information content (AvgIpc) is 3.20. The standard InChI is InChI=1S/C55H113N.ClH/c1-4-7-10-13-16-19-22-25-28-31-34-37-40-43-46-49-52-55(56,53-50-47-44-41-38-35-32-29-26-23-20-17-14-11-8-5-2)54-51-48-45-42-39-36-33-30-27-24-21-18-15-12-9-6-3;/h4-54,56H2,1-3H3;1H/p-1. The van der Waals surface area contributed by atoms with Gasteiger partial charge in [0.15, 0.2) is 0 Å². The molecule has 0 aromatic carbocycles. The van der Waals surface area contributed by atoms with Gasteiger partial charge in [0.2, 0.25) is 0 Å². The highest BCUT2D eigenvalue weighted by Gasteiger charge is 2.23. The molecule has 0 rings (SSSR count). The quantitative estimate of drug-likeness (QED) is 0.0608. The molecule has 0 aromatic heterocycles. The molecule has 0 aliphatic heterocycles. The van der Waals surface area contributed by atoms with Crippen LogP contribution in [0.1, 0.15) is 348 Å². The maximum atomic E-state index is 7.28. The molecule has 0 bridgehead atoms. The molecule has 0 aliphatic rings. The highest BCUT2D eigenvalue weighted by atomic mass is 35.5. The van der Waals surface area contributed by atoms with Crippen molar-refractivity contribution in [1.29, 1.82) is 0 Å². The lowest BCUT2D eigenvalue weighted by Gasteiger charge is -2.30. The first-order valence-corrected chi connectivity index (χ1v) is 27.5. The zero-order valence-corrected chi connectivity index (χ0v) is 41.3. The van der Waals surface area contributed by atoms with Crippen LogP contribution in [0.2, 0.25) is 0 Å². The third-order valence-corrected chi connectivity index (χ3v) is 13.6. The van der Waals surface area contributed by atoms with Crippen molar-refractivity contribution in [3.63, 3.8) is 0 Å². The van der Waals surface area contributed by atoms with Crippen molar-refractivity contribution in [2.45, 2.75) is 354 Å². The number of hydrogen-bond acceptors (Lipinski definition) is 1. The van der Waals surface area contributed by atoms with Gasteiger partial charge in [-0.05, 0) is 19.3 Å². The van der Waals surface area contributed by atoms with Crippen molar-refractivity contribution in [2.75, 3.05) is 0 Å². The minimum atomic E-state index is 0. The van der Waals surface area contributed by atoms with Crippen LogP contribution in [0.3, 0.4) is 0 Å². The molecule has 0 atom stereocenters. The molecule has 346 valence electrons. The lowest BCUT2D eigenvalue weighted by Crippen LogP contribution is -3.00. The second kappa shape index (κ2) is 52.4. The largest absolute Gasteiger partial charge is 1.00 e. The van der Waals surface area contributed by atoms with Gasteiger partial charge in [-0.3, -0.25) is 0 Å². The van der Waals surface area contributed by atoms with Gasteiger partial charge in [0, 0.05) is 5.54 Å². The molecule has 0 radical (unpaired) electrons. The Morgan fingerprint density at radius 2 is 0.298 bits per heavy atom. The summed E-state index contributed by atoms with van der Waals surface area (Å²) >= 11 is 0. The lowest BCUT2D eigenvalue weighted by atomic mass is 9.82. The molecule has 0 amide bonds. The first kappa shape index (κ1) is 59.3. The molecule has 0 heterocycles. The first-order chi connectivity index (χ1) is 27.7. The summed E-state index contributed by atoms with van der Waals surface area (Å²) in [6.45, 7) is 6.95. The Morgan fingerprint density at radius 3 is 0.421 bits per heavy atom. The van der Waals surface area contributed by atoms with Crippen molar-refractivity contribution < 1.29 is 12.4 Å². The van der Waals surface area contributed by atoms with Gasteiger partial charge in [0.25, 0.3) is 0 Å². The Morgan fingerprint density at radius 1 is 0.193 bits per heavy atom. The van der Waals surface area contributed by atoms with Crippen LogP contribution in [0.5, 0.6) is 0 Å². The van der Waals surface area contributed by atoms with E-state index in [1.165, 1.54) is 327 Å². The first-order valence-electron chi connectivity index (χ1n) is 27.5. The van der Waals surface area contributed by atoms with Gasteiger partial charge in [-0.2, -0.15) is 0 Å². The second-order valence-electron chi connectivity index (χ2n) is 19.5. The van der Waals surface area contributed by atoms with Gasteiger partial charge < -0.3 is 18.1 Å². The van der Waals surface area contributed by atoms with Crippen LogP contribution < -0.4 is 18.1 Å². The molecule has 0 saturated heterocycles. The van der Waals surface area contributed by atoms with E-state index in [1.807, 2.05) is 0 Å². The molecule has 57 heavy (non-hydrogen) atoms. The van der Waals surface area contributed by atoms with Gasteiger partial charge in [-0.1, -0.05) is 329 Å². The second-order valence-corrected chi connectivity index (χ2v) is 19.5. The van der Waals surface area contributed by atoms with E-state index in [0.29, 0.717) is 0 Å². The molecule has 1 nitrogen and oxygen atoms in total. The highest BCUT2D eigenvalue weighted by molar-refractivity contribution is 4.84. The number of nitrogens with two attached hydrogens (primary N) is 1. The minimum absolute atomic E-state index is 0. The highest BCUT2D eigenvalue weighted by Crippen LogP contribution is 2.27. The predicted molar refractivity (Wildman–Crippen MR) is 259 cm³/mol. The molecular formula is C55H113ClN-. The van der Waals surface area contributed by atoms with E-state index in [1.54, 1.807) is 0 Å². The molecule has 2 heteroatoms. The molecule has 0 saturated carbocycles. The minimum Gasteiger partial charge on any atom is -1.00 e. The van der Waals surface area contributed by atoms with Crippen molar-refractivity contribution >= 4 is 0 Å². The Labute approximate surface area is 370 Å². The number of halogens is 1. The predicted octanol–water partition coefficient (Wildman–Crippen LogP) is 17.6. The monoisotopic (exact) mass is 823 g/mol. The van der Waals surface area contributed by atoms with Gasteiger partial charge in [0.1, 0.15) is 0 Å². The summed E-state index contributed by atoms with van der Waals surface area (Å²) in [5.41, 5.74) is 7.39. The van der Waals surface area contributed by atoms with Crippen molar-refractivity contribution in [3.05, 3.63) is 0 Å². The van der Waals surface area contributed by atoms with Crippen LogP contribution in [-0.4, -0.2) is 5.54 Å². The zero-order chi connectivity index (χ0) is 40.6. The fourth-order valence-corrected chi connectivity index (χ4v) is 9.45. The molecule has 0 aromatic rings. The number of unbranched alkanes of at least 4 members (excludes halogenated alkanes) is 45. The van der Waals surface area contributed by atoms with E-state index in [4.69, 9.17) is 5.73 Å². The third-order valence-electron chi connectivity index (χ3n) is 13.6. The van der Waals surface area contributed by atoms with Crippen LogP contribution in [0.15, 0.2) is 0 Å². The SMILES string of the molecule is CCCCCCCCCCCCCCCCCCC(N)(CCCCCCCCCCCCCCCCCC)CCCCCCCCCCCCCCCCCC.[Cl-]. The normalized spacial score (nSPS) is 11.8. The summed E-state index contributed by atoms with van der Waals surface area (Å²) in [5.74, 6) is 0. The summed E-state index contributed by atoms with van der Waals surface area (Å²) in [5, 5.41) is 0. The van der Waals surface area contributed by atoms with E-state index < -0.39 is 0 Å². The Bertz CT molecular complexity index is 589. The van der Waals surface area contributed by atoms with Crippen LogP contribution >= 0.6 is 0 Å². The fourth-order valence-electron chi connectivity index (χ4n) is 9.45. The van der Waals surface area contributed by atoms with Crippen LogP contribution in [0.4, 0.5) is 0 Å². The lowest BCUT2D eigenvalue weighted by molar-refractivity contribution is -0.0000130. The van der Waals surface area contributed by atoms with E-state index in [2.05, 4.69) is 20.8 Å². The van der Waals surface area contributed by atoms with Gasteiger partial charge >= 0.3 is 0 Å². The average molecular weight is 824 g/mol. The molecule has 0 fully saturated rings. The van der Waals surface area contributed by atoms with Crippen molar-refractivity contribution in [1.82, 2.24) is 0 Å². The molecule has 0 unspecified atom stereocenters. The summed E-state index contributed by atoms with van der Waals surface area (Å²) in [7, 11) is 0. The summed E-state index contributed by atoms with van der Waals surface area (Å²) in [4.78, 5) is 0.